The van der Waals surface area contributed by atoms with Crippen LogP contribution < -0.4 is 5.32 Å². The molecule has 1 rings (SSSR count). The van der Waals surface area contributed by atoms with Crippen LogP contribution >= 0.6 is 11.6 Å². The third-order valence-corrected chi connectivity index (χ3v) is 2.01. The molecule has 0 aliphatic heterocycles. The number of hydrogen-bond acceptors (Lipinski definition) is 3. The fourth-order valence-corrected chi connectivity index (χ4v) is 1.17. The zero-order chi connectivity index (χ0) is 11.4. The van der Waals surface area contributed by atoms with Gasteiger partial charge in [0, 0.05) is 18.3 Å². The molecule has 1 atom stereocenters. The van der Waals surface area contributed by atoms with E-state index in [2.05, 4.69) is 5.32 Å². The van der Waals surface area contributed by atoms with Crippen molar-refractivity contribution in [2.75, 3.05) is 18.5 Å². The van der Waals surface area contributed by atoms with E-state index >= 15 is 0 Å². The highest BCUT2D eigenvalue weighted by molar-refractivity contribution is 6.31. The molecule has 0 saturated heterocycles. The molecule has 0 aromatic heterocycles. The van der Waals surface area contributed by atoms with Crippen molar-refractivity contribution in [2.45, 2.75) is 6.10 Å². The maximum absolute atomic E-state index is 12.8. The van der Waals surface area contributed by atoms with E-state index < -0.39 is 24.3 Å². The molecule has 0 fully saturated rings. The molecule has 3 N–H and O–H groups in total. The van der Waals surface area contributed by atoms with Crippen LogP contribution in [0.4, 0.5) is 14.5 Å². The van der Waals surface area contributed by atoms with E-state index in [4.69, 9.17) is 21.8 Å². The molecule has 84 valence electrons. The number of benzene rings is 1. The van der Waals surface area contributed by atoms with Gasteiger partial charge < -0.3 is 15.5 Å². The maximum atomic E-state index is 12.8. The van der Waals surface area contributed by atoms with Gasteiger partial charge in [-0.05, 0) is 6.07 Å². The normalized spacial score (nSPS) is 12.6. The highest BCUT2D eigenvalue weighted by Gasteiger charge is 2.09. The van der Waals surface area contributed by atoms with E-state index in [1.54, 1.807) is 0 Å². The van der Waals surface area contributed by atoms with Crippen LogP contribution in [0.1, 0.15) is 0 Å². The van der Waals surface area contributed by atoms with Crippen molar-refractivity contribution < 1.29 is 19.0 Å². The summed E-state index contributed by atoms with van der Waals surface area (Å²) in [6.07, 6.45) is -0.961. The lowest BCUT2D eigenvalue weighted by Gasteiger charge is -2.10. The lowest BCUT2D eigenvalue weighted by atomic mass is 10.3. The van der Waals surface area contributed by atoms with Crippen molar-refractivity contribution >= 4 is 17.3 Å². The Balaban J connectivity index is 2.70. The van der Waals surface area contributed by atoms with E-state index in [0.29, 0.717) is 0 Å². The van der Waals surface area contributed by atoms with Gasteiger partial charge in [-0.3, -0.25) is 0 Å². The summed E-state index contributed by atoms with van der Waals surface area (Å²) in [4.78, 5) is 0. The SMILES string of the molecule is OCC(O)CNc1cc(F)c(F)c(Cl)c1. The smallest absolute Gasteiger partial charge is 0.177 e. The standard InChI is InChI=1S/C9H10ClF2NO2/c10-7-1-5(2-8(11)9(7)12)13-3-6(15)4-14/h1-2,6,13-15H,3-4H2. The number of halogens is 3. The van der Waals surface area contributed by atoms with Gasteiger partial charge in [0.15, 0.2) is 11.6 Å². The molecule has 0 aliphatic carbocycles. The predicted molar refractivity (Wildman–Crippen MR) is 53.0 cm³/mol. The summed E-state index contributed by atoms with van der Waals surface area (Å²) >= 11 is 5.40. The minimum Gasteiger partial charge on any atom is -0.394 e. The van der Waals surface area contributed by atoms with Gasteiger partial charge in [-0.2, -0.15) is 0 Å². The van der Waals surface area contributed by atoms with Gasteiger partial charge in [-0.15, -0.1) is 0 Å². The summed E-state index contributed by atoms with van der Waals surface area (Å²) in [5.41, 5.74) is 0.242. The Bertz CT molecular complexity index is 326. The van der Waals surface area contributed by atoms with Crippen molar-refractivity contribution in [2.24, 2.45) is 0 Å². The Labute approximate surface area is 90.3 Å². The molecule has 0 spiro atoms. The first-order valence-electron chi connectivity index (χ1n) is 4.22. The van der Waals surface area contributed by atoms with Crippen molar-refractivity contribution in [1.82, 2.24) is 0 Å². The van der Waals surface area contributed by atoms with Crippen LogP contribution in [0.25, 0.3) is 0 Å². The van der Waals surface area contributed by atoms with E-state index in [1.165, 1.54) is 6.07 Å². The van der Waals surface area contributed by atoms with Gasteiger partial charge >= 0.3 is 0 Å². The Morgan fingerprint density at radius 2 is 2.07 bits per heavy atom. The molecule has 0 bridgehead atoms. The van der Waals surface area contributed by atoms with Crippen LogP contribution in [-0.2, 0) is 0 Å². The lowest BCUT2D eigenvalue weighted by Crippen LogP contribution is -2.23. The Morgan fingerprint density at radius 1 is 1.40 bits per heavy atom. The quantitative estimate of drug-likeness (QED) is 0.694. The minimum absolute atomic E-state index is 0.0257. The van der Waals surface area contributed by atoms with Gasteiger partial charge in [-0.1, -0.05) is 11.6 Å². The van der Waals surface area contributed by atoms with Crippen LogP contribution in [0, 0.1) is 11.6 Å². The number of aliphatic hydroxyl groups is 2. The van der Waals surface area contributed by atoms with Crippen molar-refractivity contribution in [1.29, 1.82) is 0 Å². The third kappa shape index (κ3) is 3.30. The average molecular weight is 238 g/mol. The number of anilines is 1. The Hall–Kier alpha value is -0.910. The molecule has 1 aromatic carbocycles. The molecule has 15 heavy (non-hydrogen) atoms. The average Bonchev–Trinajstić information content (AvgIpc) is 2.22. The van der Waals surface area contributed by atoms with Crippen molar-refractivity contribution in [3.63, 3.8) is 0 Å². The second-order valence-electron chi connectivity index (χ2n) is 2.97. The highest BCUT2D eigenvalue weighted by Crippen LogP contribution is 2.22. The van der Waals surface area contributed by atoms with Crippen molar-refractivity contribution in [3.8, 4) is 0 Å². The van der Waals surface area contributed by atoms with E-state index in [9.17, 15) is 8.78 Å². The predicted octanol–water partition coefficient (Wildman–Crippen LogP) is 1.38. The number of hydrogen-bond donors (Lipinski definition) is 3. The zero-order valence-corrected chi connectivity index (χ0v) is 8.43. The summed E-state index contributed by atoms with van der Waals surface area (Å²) in [5, 5.41) is 19.8. The molecular weight excluding hydrogens is 228 g/mol. The molecule has 1 aromatic rings. The van der Waals surface area contributed by atoms with E-state index in [1.807, 2.05) is 0 Å². The maximum Gasteiger partial charge on any atom is 0.177 e. The summed E-state index contributed by atoms with van der Waals surface area (Å²) in [6, 6.07) is 2.12. The molecule has 1 unspecified atom stereocenters. The first kappa shape index (κ1) is 12.2. The molecule has 0 radical (unpaired) electrons. The highest BCUT2D eigenvalue weighted by atomic mass is 35.5. The van der Waals surface area contributed by atoms with Gasteiger partial charge in [0.05, 0.1) is 17.7 Å². The second-order valence-corrected chi connectivity index (χ2v) is 3.38. The van der Waals surface area contributed by atoms with E-state index in [0.717, 1.165) is 6.07 Å². The first-order chi connectivity index (χ1) is 7.04. The van der Waals surface area contributed by atoms with Crippen LogP contribution in [0.15, 0.2) is 12.1 Å². The fraction of sp³-hybridized carbons (Fsp3) is 0.333. The van der Waals surface area contributed by atoms with Crippen LogP contribution in [0.5, 0.6) is 0 Å². The molecule has 0 aliphatic rings. The molecule has 3 nitrogen and oxygen atoms in total. The van der Waals surface area contributed by atoms with Crippen LogP contribution in [-0.4, -0.2) is 29.5 Å². The Kier molecular flexibility index (Phi) is 4.26. The number of aliphatic hydroxyl groups excluding tert-OH is 2. The summed E-state index contributed by atoms with van der Waals surface area (Å²) in [6.45, 7) is -0.387. The van der Waals surface area contributed by atoms with E-state index in [-0.39, 0.29) is 17.3 Å². The lowest BCUT2D eigenvalue weighted by molar-refractivity contribution is 0.105. The number of nitrogens with one attached hydrogen (secondary N) is 1. The Morgan fingerprint density at radius 3 is 2.60 bits per heavy atom. The summed E-state index contributed by atoms with van der Waals surface area (Å²) < 4.78 is 25.6. The van der Waals surface area contributed by atoms with Gasteiger partial charge in [0.2, 0.25) is 0 Å². The third-order valence-electron chi connectivity index (χ3n) is 1.74. The minimum atomic E-state index is -1.11. The first-order valence-corrected chi connectivity index (χ1v) is 4.59. The monoisotopic (exact) mass is 237 g/mol. The molecule has 0 heterocycles. The molecule has 0 amide bonds. The molecular formula is C9H10ClF2NO2. The summed E-state index contributed by atoms with van der Waals surface area (Å²) in [7, 11) is 0. The van der Waals surface area contributed by atoms with Crippen molar-refractivity contribution in [3.05, 3.63) is 28.8 Å². The largest absolute Gasteiger partial charge is 0.394 e. The van der Waals surface area contributed by atoms with Gasteiger partial charge in [-0.25, -0.2) is 8.78 Å². The van der Waals surface area contributed by atoms with Crippen LogP contribution in [0.2, 0.25) is 5.02 Å². The zero-order valence-electron chi connectivity index (χ0n) is 7.67. The molecule has 6 heteroatoms. The molecule has 0 saturated carbocycles. The van der Waals surface area contributed by atoms with Crippen LogP contribution in [0.3, 0.4) is 0 Å². The summed E-state index contributed by atoms with van der Waals surface area (Å²) in [5.74, 6) is -2.17. The topological polar surface area (TPSA) is 52.5 Å². The second kappa shape index (κ2) is 5.25. The van der Waals surface area contributed by atoms with Gasteiger partial charge in [0.25, 0.3) is 0 Å². The number of rotatable bonds is 4. The fourth-order valence-electron chi connectivity index (χ4n) is 0.958. The van der Waals surface area contributed by atoms with Gasteiger partial charge in [0.1, 0.15) is 0 Å².